The average Bonchev–Trinajstić information content (AvgIpc) is 2.77. The van der Waals surface area contributed by atoms with Gasteiger partial charge in [0.1, 0.15) is 5.69 Å². The molecule has 1 aliphatic heterocycles. The van der Waals surface area contributed by atoms with Crippen molar-refractivity contribution in [2.24, 2.45) is 5.92 Å². The Labute approximate surface area is 96.1 Å². The molecule has 0 aliphatic carbocycles. The van der Waals surface area contributed by atoms with Gasteiger partial charge in [-0.25, -0.2) is 0 Å². The van der Waals surface area contributed by atoms with Crippen LogP contribution >= 0.6 is 0 Å². The predicted molar refractivity (Wildman–Crippen MR) is 60.8 cm³/mol. The summed E-state index contributed by atoms with van der Waals surface area (Å²) in [7, 11) is 0. The van der Waals surface area contributed by atoms with Crippen LogP contribution in [0.4, 0.5) is 0 Å². The standard InChI is InChI=1S/C11H20N4O/c1-2-14-5-3-4-10(6-14)7-15-8-11(9-16)12-13-15/h8,10,16H,2-7,9H2,1H3/t10-/m1/s1. The summed E-state index contributed by atoms with van der Waals surface area (Å²) < 4.78 is 1.86. The maximum absolute atomic E-state index is 8.91. The number of likely N-dealkylation sites (tertiary alicyclic amines) is 1. The van der Waals surface area contributed by atoms with Crippen LogP contribution in [0.3, 0.4) is 0 Å². The van der Waals surface area contributed by atoms with Gasteiger partial charge in [-0.2, -0.15) is 0 Å². The molecule has 90 valence electrons. The molecule has 1 fully saturated rings. The molecule has 0 unspecified atom stereocenters. The number of hydrogen-bond donors (Lipinski definition) is 1. The molecule has 2 rings (SSSR count). The van der Waals surface area contributed by atoms with E-state index in [1.807, 2.05) is 10.9 Å². The SMILES string of the molecule is CCN1CCC[C@@H](Cn2cc(CO)nn2)C1. The molecule has 1 aromatic rings. The molecule has 5 heteroatoms. The van der Waals surface area contributed by atoms with E-state index in [9.17, 15) is 0 Å². The molecular formula is C11H20N4O. The van der Waals surface area contributed by atoms with Gasteiger partial charge in [-0.15, -0.1) is 5.10 Å². The van der Waals surface area contributed by atoms with Gasteiger partial charge in [-0.1, -0.05) is 12.1 Å². The monoisotopic (exact) mass is 224 g/mol. The third-order valence-electron chi connectivity index (χ3n) is 3.24. The zero-order chi connectivity index (χ0) is 11.4. The second-order valence-electron chi connectivity index (χ2n) is 4.49. The minimum absolute atomic E-state index is 0.0221. The van der Waals surface area contributed by atoms with Crippen molar-refractivity contribution in [3.8, 4) is 0 Å². The Balaban J connectivity index is 1.88. The van der Waals surface area contributed by atoms with E-state index in [0.29, 0.717) is 11.6 Å². The van der Waals surface area contributed by atoms with Gasteiger partial charge in [0.15, 0.2) is 0 Å². The number of hydrogen-bond acceptors (Lipinski definition) is 4. The quantitative estimate of drug-likeness (QED) is 0.809. The van der Waals surface area contributed by atoms with Crippen LogP contribution in [0.1, 0.15) is 25.5 Å². The number of aliphatic hydroxyl groups excluding tert-OH is 1. The molecule has 0 saturated carbocycles. The van der Waals surface area contributed by atoms with E-state index in [-0.39, 0.29) is 6.61 Å². The fourth-order valence-electron chi connectivity index (χ4n) is 2.35. The first-order chi connectivity index (χ1) is 7.81. The predicted octanol–water partition coefficient (Wildman–Crippen LogP) is 0.502. The molecule has 0 spiro atoms. The molecule has 0 radical (unpaired) electrons. The first kappa shape index (κ1) is 11.5. The van der Waals surface area contributed by atoms with E-state index in [2.05, 4.69) is 22.1 Å². The van der Waals surface area contributed by atoms with Crippen molar-refractivity contribution in [2.75, 3.05) is 19.6 Å². The zero-order valence-electron chi connectivity index (χ0n) is 9.84. The smallest absolute Gasteiger partial charge is 0.108 e. The number of nitrogens with zero attached hydrogens (tertiary/aromatic N) is 4. The van der Waals surface area contributed by atoms with E-state index in [0.717, 1.165) is 19.6 Å². The molecule has 1 saturated heterocycles. The van der Waals surface area contributed by atoms with Crippen LogP contribution in [0.2, 0.25) is 0 Å². The van der Waals surface area contributed by atoms with E-state index >= 15 is 0 Å². The average molecular weight is 224 g/mol. The Morgan fingerprint density at radius 1 is 1.56 bits per heavy atom. The lowest BCUT2D eigenvalue weighted by Crippen LogP contribution is -2.36. The highest BCUT2D eigenvalue weighted by Gasteiger charge is 2.19. The summed E-state index contributed by atoms with van der Waals surface area (Å²) in [6.07, 6.45) is 4.38. The van der Waals surface area contributed by atoms with Crippen molar-refractivity contribution in [3.63, 3.8) is 0 Å². The molecule has 1 aliphatic rings. The summed E-state index contributed by atoms with van der Waals surface area (Å²) in [4.78, 5) is 2.48. The molecular weight excluding hydrogens is 204 g/mol. The van der Waals surface area contributed by atoms with Crippen LogP contribution in [0, 0.1) is 5.92 Å². The highest BCUT2D eigenvalue weighted by Crippen LogP contribution is 2.17. The second kappa shape index (κ2) is 5.41. The fraction of sp³-hybridized carbons (Fsp3) is 0.818. The molecule has 16 heavy (non-hydrogen) atoms. The zero-order valence-corrected chi connectivity index (χ0v) is 9.84. The Morgan fingerprint density at radius 3 is 3.12 bits per heavy atom. The van der Waals surface area contributed by atoms with E-state index in [1.165, 1.54) is 19.4 Å². The van der Waals surface area contributed by atoms with Crippen LogP contribution in [0.5, 0.6) is 0 Å². The maximum Gasteiger partial charge on any atom is 0.108 e. The van der Waals surface area contributed by atoms with Crippen molar-refractivity contribution >= 4 is 0 Å². The summed E-state index contributed by atoms with van der Waals surface area (Å²) in [5.41, 5.74) is 0.656. The summed E-state index contributed by atoms with van der Waals surface area (Å²) in [5, 5.41) is 16.8. The van der Waals surface area contributed by atoms with Crippen molar-refractivity contribution in [1.29, 1.82) is 0 Å². The van der Waals surface area contributed by atoms with Gasteiger partial charge in [-0.3, -0.25) is 4.68 Å². The van der Waals surface area contributed by atoms with Gasteiger partial charge in [0.2, 0.25) is 0 Å². The first-order valence-corrected chi connectivity index (χ1v) is 6.04. The maximum atomic E-state index is 8.91. The molecule has 1 aromatic heterocycles. The Hall–Kier alpha value is -0.940. The number of aliphatic hydroxyl groups is 1. The van der Waals surface area contributed by atoms with Gasteiger partial charge >= 0.3 is 0 Å². The summed E-state index contributed by atoms with van der Waals surface area (Å²) in [5.74, 6) is 0.668. The largest absolute Gasteiger partial charge is 0.390 e. The van der Waals surface area contributed by atoms with Gasteiger partial charge < -0.3 is 10.0 Å². The van der Waals surface area contributed by atoms with Crippen molar-refractivity contribution in [2.45, 2.75) is 32.9 Å². The molecule has 0 bridgehead atoms. The van der Waals surface area contributed by atoms with Gasteiger partial charge in [0.25, 0.3) is 0 Å². The summed E-state index contributed by atoms with van der Waals surface area (Å²) in [6.45, 7) is 6.63. The second-order valence-corrected chi connectivity index (χ2v) is 4.49. The number of rotatable bonds is 4. The van der Waals surface area contributed by atoms with Crippen LogP contribution in [0.25, 0.3) is 0 Å². The molecule has 1 atom stereocenters. The lowest BCUT2D eigenvalue weighted by Gasteiger charge is -2.31. The fourth-order valence-corrected chi connectivity index (χ4v) is 2.35. The molecule has 2 heterocycles. The normalized spacial score (nSPS) is 22.5. The Kier molecular flexibility index (Phi) is 3.90. The third-order valence-corrected chi connectivity index (χ3v) is 3.24. The third kappa shape index (κ3) is 2.80. The van der Waals surface area contributed by atoms with Crippen LogP contribution in [-0.4, -0.2) is 44.6 Å². The summed E-state index contributed by atoms with van der Waals surface area (Å²) >= 11 is 0. The number of piperidine rings is 1. The van der Waals surface area contributed by atoms with Crippen LogP contribution in [-0.2, 0) is 13.2 Å². The minimum Gasteiger partial charge on any atom is -0.390 e. The highest BCUT2D eigenvalue weighted by atomic mass is 16.3. The van der Waals surface area contributed by atoms with Crippen molar-refractivity contribution in [1.82, 2.24) is 19.9 Å². The van der Waals surface area contributed by atoms with E-state index in [4.69, 9.17) is 5.11 Å². The number of aromatic nitrogens is 3. The highest BCUT2D eigenvalue weighted by molar-refractivity contribution is 4.89. The minimum atomic E-state index is -0.0221. The van der Waals surface area contributed by atoms with E-state index < -0.39 is 0 Å². The Morgan fingerprint density at radius 2 is 2.44 bits per heavy atom. The lowest BCUT2D eigenvalue weighted by molar-refractivity contribution is 0.166. The van der Waals surface area contributed by atoms with E-state index in [1.54, 1.807) is 0 Å². The van der Waals surface area contributed by atoms with Crippen LogP contribution < -0.4 is 0 Å². The summed E-state index contributed by atoms with van der Waals surface area (Å²) in [6, 6.07) is 0. The molecule has 0 aromatic carbocycles. The van der Waals surface area contributed by atoms with Crippen LogP contribution in [0.15, 0.2) is 6.20 Å². The van der Waals surface area contributed by atoms with Gasteiger partial charge in [0, 0.05) is 13.1 Å². The van der Waals surface area contributed by atoms with Gasteiger partial charge in [-0.05, 0) is 31.8 Å². The first-order valence-electron chi connectivity index (χ1n) is 6.04. The molecule has 5 nitrogen and oxygen atoms in total. The molecule has 0 amide bonds. The lowest BCUT2D eigenvalue weighted by atomic mass is 9.98. The van der Waals surface area contributed by atoms with Gasteiger partial charge in [0.05, 0.1) is 12.8 Å². The van der Waals surface area contributed by atoms with Crippen molar-refractivity contribution in [3.05, 3.63) is 11.9 Å². The Bertz CT molecular complexity index is 326. The molecule has 1 N–H and O–H groups in total. The van der Waals surface area contributed by atoms with Crippen molar-refractivity contribution < 1.29 is 5.11 Å². The topological polar surface area (TPSA) is 54.2 Å².